The lowest BCUT2D eigenvalue weighted by Crippen LogP contribution is -2.57. The number of aromatic nitrogens is 2. The molecule has 5 nitrogen and oxygen atoms in total. The molecule has 0 aliphatic carbocycles. The molecule has 0 aromatic carbocycles. The Bertz CT molecular complexity index is 325. The van der Waals surface area contributed by atoms with Crippen LogP contribution in [0.5, 0.6) is 0 Å². The summed E-state index contributed by atoms with van der Waals surface area (Å²) < 4.78 is 4.80. The molecule has 0 spiro atoms. The van der Waals surface area contributed by atoms with Crippen LogP contribution in [0.3, 0.4) is 0 Å². The average molecular weight is 238 g/mol. The van der Waals surface area contributed by atoms with Gasteiger partial charge in [0.1, 0.15) is 0 Å². The Hall–Kier alpha value is -0.940. The minimum absolute atomic E-state index is 0.560. The third-order valence-electron chi connectivity index (χ3n) is 3.59. The first-order valence-corrected chi connectivity index (χ1v) is 6.43. The van der Waals surface area contributed by atoms with Crippen molar-refractivity contribution in [2.24, 2.45) is 5.92 Å². The zero-order chi connectivity index (χ0) is 12.3. The summed E-state index contributed by atoms with van der Waals surface area (Å²) in [6, 6.07) is 1.13. The van der Waals surface area contributed by atoms with E-state index in [0.29, 0.717) is 18.0 Å². The number of nitrogens with one attached hydrogen (secondary N) is 1. The molecule has 1 aromatic rings. The topological polar surface area (TPSA) is 54.2 Å². The molecular formula is C12H22N4O. The largest absolute Gasteiger partial charge is 0.343 e. The number of nitrogens with zero attached hydrogens (tertiary/aromatic N) is 3. The van der Waals surface area contributed by atoms with Crippen molar-refractivity contribution in [3.63, 3.8) is 0 Å². The fraction of sp³-hybridized carbons (Fsp3) is 0.833. The number of hydrogen-bond donors (Lipinski definition) is 1. The summed E-state index contributed by atoms with van der Waals surface area (Å²) in [5.41, 5.74) is 0. The fourth-order valence-electron chi connectivity index (χ4n) is 2.37. The quantitative estimate of drug-likeness (QED) is 0.856. The van der Waals surface area contributed by atoms with Crippen molar-refractivity contribution in [2.45, 2.75) is 45.8 Å². The molecule has 1 fully saturated rings. The molecule has 1 saturated heterocycles. The first-order valence-electron chi connectivity index (χ1n) is 6.43. The van der Waals surface area contributed by atoms with E-state index in [9.17, 15) is 0 Å². The lowest BCUT2D eigenvalue weighted by molar-refractivity contribution is 0.0996. The molecular weight excluding hydrogens is 216 g/mol. The molecule has 1 aromatic heterocycles. The van der Waals surface area contributed by atoms with E-state index in [1.807, 2.05) is 0 Å². The normalized spacial score (nSPS) is 26.6. The molecule has 17 heavy (non-hydrogen) atoms. The van der Waals surface area contributed by atoms with Crippen LogP contribution in [0.15, 0.2) is 10.9 Å². The maximum Gasteiger partial charge on any atom is 0.213 e. The average Bonchev–Trinajstić information content (AvgIpc) is 2.81. The van der Waals surface area contributed by atoms with E-state index in [2.05, 4.69) is 41.1 Å². The number of hydrogen-bond acceptors (Lipinski definition) is 5. The minimum Gasteiger partial charge on any atom is -0.343 e. The van der Waals surface area contributed by atoms with Gasteiger partial charge in [0.05, 0.1) is 6.54 Å². The van der Waals surface area contributed by atoms with E-state index in [1.165, 1.54) is 6.39 Å². The van der Waals surface area contributed by atoms with Crippen LogP contribution < -0.4 is 5.32 Å². The highest BCUT2D eigenvalue weighted by molar-refractivity contribution is 4.90. The predicted octanol–water partition coefficient (Wildman–Crippen LogP) is 1.28. The Kier molecular flexibility index (Phi) is 4.12. The molecule has 2 unspecified atom stereocenters. The third-order valence-corrected chi connectivity index (χ3v) is 3.59. The van der Waals surface area contributed by atoms with E-state index in [0.717, 1.165) is 31.9 Å². The van der Waals surface area contributed by atoms with Crippen molar-refractivity contribution in [3.05, 3.63) is 12.2 Å². The summed E-state index contributed by atoms with van der Waals surface area (Å²) in [5, 5.41) is 7.52. The van der Waals surface area contributed by atoms with E-state index < -0.39 is 0 Å². The van der Waals surface area contributed by atoms with Crippen LogP contribution >= 0.6 is 0 Å². The summed E-state index contributed by atoms with van der Waals surface area (Å²) >= 11 is 0. The van der Waals surface area contributed by atoms with Crippen LogP contribution in [0, 0.1) is 5.92 Å². The second kappa shape index (κ2) is 5.60. The smallest absolute Gasteiger partial charge is 0.213 e. The van der Waals surface area contributed by atoms with Gasteiger partial charge in [0.2, 0.25) is 6.39 Å². The highest BCUT2D eigenvalue weighted by Crippen LogP contribution is 2.16. The highest BCUT2D eigenvalue weighted by Gasteiger charge is 2.28. The van der Waals surface area contributed by atoms with Crippen LogP contribution in [0.25, 0.3) is 0 Å². The fourth-order valence-corrected chi connectivity index (χ4v) is 2.37. The van der Waals surface area contributed by atoms with Crippen molar-refractivity contribution in [1.82, 2.24) is 20.4 Å². The Morgan fingerprint density at radius 3 is 3.00 bits per heavy atom. The van der Waals surface area contributed by atoms with Crippen molar-refractivity contribution >= 4 is 0 Å². The van der Waals surface area contributed by atoms with E-state index in [4.69, 9.17) is 4.52 Å². The van der Waals surface area contributed by atoms with Crippen LogP contribution in [-0.4, -0.2) is 40.2 Å². The molecule has 2 atom stereocenters. The van der Waals surface area contributed by atoms with Gasteiger partial charge >= 0.3 is 0 Å². The summed E-state index contributed by atoms with van der Waals surface area (Å²) in [7, 11) is 0. The molecule has 0 bridgehead atoms. The number of rotatable bonds is 4. The van der Waals surface area contributed by atoms with Crippen molar-refractivity contribution < 1.29 is 4.52 Å². The number of piperazine rings is 1. The summed E-state index contributed by atoms with van der Waals surface area (Å²) in [6.07, 6.45) is 2.55. The highest BCUT2D eigenvalue weighted by atomic mass is 16.5. The molecule has 0 radical (unpaired) electrons. The van der Waals surface area contributed by atoms with Gasteiger partial charge < -0.3 is 9.84 Å². The van der Waals surface area contributed by atoms with Gasteiger partial charge in [0, 0.05) is 25.2 Å². The van der Waals surface area contributed by atoms with E-state index in [-0.39, 0.29) is 0 Å². The second-order valence-corrected chi connectivity index (χ2v) is 5.10. The monoisotopic (exact) mass is 238 g/mol. The lowest BCUT2D eigenvalue weighted by atomic mass is 9.98. The summed E-state index contributed by atoms with van der Waals surface area (Å²) in [4.78, 5) is 6.57. The Morgan fingerprint density at radius 2 is 2.41 bits per heavy atom. The first-order chi connectivity index (χ1) is 8.20. The van der Waals surface area contributed by atoms with Crippen LogP contribution in [0.4, 0.5) is 0 Å². The minimum atomic E-state index is 0.560. The van der Waals surface area contributed by atoms with Gasteiger partial charge in [-0.3, -0.25) is 4.90 Å². The molecule has 96 valence electrons. The SMILES string of the molecule is CCC1CNC(C(C)C)CN1Cc1ncon1. The molecule has 1 aliphatic rings. The van der Waals surface area contributed by atoms with E-state index >= 15 is 0 Å². The summed E-state index contributed by atoms with van der Waals surface area (Å²) in [5.74, 6) is 1.44. The van der Waals surface area contributed by atoms with Crippen LogP contribution in [-0.2, 0) is 6.54 Å². The van der Waals surface area contributed by atoms with Gasteiger partial charge in [0.25, 0.3) is 0 Å². The zero-order valence-corrected chi connectivity index (χ0v) is 10.9. The standard InChI is InChI=1S/C12H22N4O/c1-4-10-5-13-11(9(2)3)6-16(10)7-12-14-8-17-15-12/h8-11,13H,4-7H2,1-3H3. The van der Waals surface area contributed by atoms with Gasteiger partial charge in [-0.1, -0.05) is 25.9 Å². The second-order valence-electron chi connectivity index (χ2n) is 5.10. The van der Waals surface area contributed by atoms with Crippen LogP contribution in [0.2, 0.25) is 0 Å². The van der Waals surface area contributed by atoms with Crippen molar-refractivity contribution in [2.75, 3.05) is 13.1 Å². The van der Waals surface area contributed by atoms with Crippen molar-refractivity contribution in [3.8, 4) is 0 Å². The Morgan fingerprint density at radius 1 is 1.59 bits per heavy atom. The van der Waals surface area contributed by atoms with Gasteiger partial charge in [0.15, 0.2) is 5.82 Å². The van der Waals surface area contributed by atoms with Gasteiger partial charge in [-0.25, -0.2) is 0 Å². The van der Waals surface area contributed by atoms with E-state index in [1.54, 1.807) is 0 Å². The third kappa shape index (κ3) is 3.04. The van der Waals surface area contributed by atoms with Crippen LogP contribution in [0.1, 0.15) is 33.0 Å². The first kappa shape index (κ1) is 12.5. The molecule has 2 rings (SSSR count). The maximum atomic E-state index is 4.80. The lowest BCUT2D eigenvalue weighted by Gasteiger charge is -2.41. The Labute approximate surface area is 103 Å². The van der Waals surface area contributed by atoms with Gasteiger partial charge in [-0.15, -0.1) is 0 Å². The molecule has 5 heteroatoms. The van der Waals surface area contributed by atoms with Gasteiger partial charge in [-0.05, 0) is 12.3 Å². The Balaban J connectivity index is 1.99. The zero-order valence-electron chi connectivity index (χ0n) is 10.9. The molecule has 0 saturated carbocycles. The molecule has 1 aliphatic heterocycles. The molecule has 1 N–H and O–H groups in total. The molecule has 2 heterocycles. The van der Waals surface area contributed by atoms with Gasteiger partial charge in [-0.2, -0.15) is 4.98 Å². The maximum absolute atomic E-state index is 4.80. The summed E-state index contributed by atoms with van der Waals surface area (Å²) in [6.45, 7) is 9.65. The predicted molar refractivity (Wildman–Crippen MR) is 65.4 cm³/mol. The van der Waals surface area contributed by atoms with Crippen molar-refractivity contribution in [1.29, 1.82) is 0 Å². The molecule has 0 amide bonds.